The third-order valence-electron chi connectivity index (χ3n) is 14.0. The molecule has 12 nitrogen and oxygen atoms in total. The topological polar surface area (TPSA) is 193 Å². The van der Waals surface area contributed by atoms with Gasteiger partial charge in [0.25, 0.3) is 0 Å². The number of carbonyl (C=O) groups excluding carboxylic acids is 4. The molecule has 4 N–H and O–H groups in total. The van der Waals surface area contributed by atoms with Crippen molar-refractivity contribution >= 4 is 58.3 Å². The molecule has 2 aliphatic heterocycles. The Morgan fingerprint density at radius 2 is 0.941 bits per heavy atom. The van der Waals surface area contributed by atoms with Crippen molar-refractivity contribution in [3.63, 3.8) is 0 Å². The van der Waals surface area contributed by atoms with E-state index in [9.17, 15) is 39.6 Å². The van der Waals surface area contributed by atoms with Crippen LogP contribution in [-0.2, 0) is 28.7 Å². The third kappa shape index (κ3) is 17.3. The number of ketones is 2. The third-order valence-corrected chi connectivity index (χ3v) is 15.6. The standard InChI is InChI=1S/2C27H41NO5S/c2*1-16-10-8-9-11-17(2)25(31)19(4)26(32)27(6,7)23(29)14-24(30)33-22(12-16)18(3)13-21-15-34-20(5)28-21/h2*10,13,15,17,19,22-23,25,29,31H,8-9,11-12,14H2,1-7H3/b2*16-10-,18-13+/t17-,19+,22-,23-,25-;17-,19-,22-,23-,25+/m00/s1. The van der Waals surface area contributed by atoms with Crippen LogP contribution in [0.4, 0.5) is 0 Å². The fourth-order valence-corrected chi connectivity index (χ4v) is 9.98. The Morgan fingerprint density at radius 3 is 1.25 bits per heavy atom. The Kier molecular flexibility index (Phi) is 22.9. The van der Waals surface area contributed by atoms with Crippen molar-refractivity contribution in [1.82, 2.24) is 9.97 Å². The number of rotatable bonds is 4. The number of ether oxygens (including phenoxy) is 2. The number of aryl methyl sites for hydroxylation is 2. The van der Waals surface area contributed by atoms with E-state index < -0.39 is 71.2 Å². The average Bonchev–Trinajstić information content (AvgIpc) is 3.89. The van der Waals surface area contributed by atoms with Crippen LogP contribution in [0.3, 0.4) is 0 Å². The summed E-state index contributed by atoms with van der Waals surface area (Å²) in [7, 11) is 0. The van der Waals surface area contributed by atoms with Crippen molar-refractivity contribution in [2.75, 3.05) is 0 Å². The molecule has 4 rings (SSSR count). The molecule has 2 aromatic rings. The molecular formula is C54H82N2O10S2. The summed E-state index contributed by atoms with van der Waals surface area (Å²) in [4.78, 5) is 61.0. The normalized spacial score (nSPS) is 32.1. The SMILES string of the molecule is C/C1=C/CCC[C@H](C)[C@@H](O)[C@H](C)C(=O)C(C)(C)[C@@H](O)CC(=O)O[C@H](/C(C)=C/c2csc(C)n2)C1.C/C1=C/CCC[C@H](C)[C@H](O)[C@@H](C)C(=O)C(C)(C)[C@@H](O)CC(=O)O[C@H](/C(C)=C/c2csc(C)n2)C1. The van der Waals surface area contributed by atoms with E-state index in [4.69, 9.17) is 9.47 Å². The highest BCUT2D eigenvalue weighted by molar-refractivity contribution is 7.09. The van der Waals surface area contributed by atoms with Crippen LogP contribution in [0.5, 0.6) is 0 Å². The van der Waals surface area contributed by atoms with Gasteiger partial charge in [0, 0.05) is 35.4 Å². The summed E-state index contributed by atoms with van der Waals surface area (Å²) >= 11 is 3.13. The molecule has 0 aliphatic carbocycles. The lowest BCUT2D eigenvalue weighted by molar-refractivity contribution is -0.155. The summed E-state index contributed by atoms with van der Waals surface area (Å²) in [6.07, 6.45) is 8.77. The van der Waals surface area contributed by atoms with Gasteiger partial charge in [0.2, 0.25) is 0 Å². The molecule has 10 atom stereocenters. The molecule has 4 heterocycles. The van der Waals surface area contributed by atoms with Crippen molar-refractivity contribution < 1.29 is 49.1 Å². The zero-order chi connectivity index (χ0) is 51.3. The summed E-state index contributed by atoms with van der Waals surface area (Å²) in [6.45, 7) is 25.6. The number of cyclic esters (lactones) is 2. The number of aromatic nitrogens is 2. The molecular weight excluding hydrogens is 901 g/mol. The van der Waals surface area contributed by atoms with Crippen molar-refractivity contribution in [3.8, 4) is 0 Å². The molecule has 0 saturated carbocycles. The molecule has 0 amide bonds. The molecule has 0 spiro atoms. The van der Waals surface area contributed by atoms with E-state index in [2.05, 4.69) is 22.1 Å². The number of hydrogen-bond acceptors (Lipinski definition) is 14. The monoisotopic (exact) mass is 983 g/mol. The average molecular weight is 983 g/mol. The maximum absolute atomic E-state index is 13.2. The summed E-state index contributed by atoms with van der Waals surface area (Å²) in [6, 6.07) is 0. The van der Waals surface area contributed by atoms with Gasteiger partial charge in [0.05, 0.1) is 69.5 Å². The fourth-order valence-electron chi connectivity index (χ4n) is 8.84. The molecule has 0 unspecified atom stereocenters. The first-order chi connectivity index (χ1) is 31.6. The first-order valence-electron chi connectivity index (χ1n) is 24.4. The number of hydrogen-bond donors (Lipinski definition) is 4. The minimum absolute atomic E-state index is 0.0436. The molecule has 14 heteroatoms. The van der Waals surface area contributed by atoms with E-state index in [1.807, 2.05) is 78.3 Å². The number of esters is 2. The maximum Gasteiger partial charge on any atom is 0.309 e. The van der Waals surface area contributed by atoms with Crippen molar-refractivity contribution in [3.05, 3.63) is 66.6 Å². The van der Waals surface area contributed by atoms with E-state index in [1.165, 1.54) is 0 Å². The largest absolute Gasteiger partial charge is 0.457 e. The number of allylic oxidation sites excluding steroid dienone is 2. The van der Waals surface area contributed by atoms with Crippen LogP contribution in [0.25, 0.3) is 12.2 Å². The zero-order valence-corrected chi connectivity index (χ0v) is 44.9. The molecule has 0 bridgehead atoms. The predicted molar refractivity (Wildman–Crippen MR) is 273 cm³/mol. The quantitative estimate of drug-likeness (QED) is 0.168. The zero-order valence-electron chi connectivity index (χ0n) is 43.3. The summed E-state index contributed by atoms with van der Waals surface area (Å²) in [5.41, 5.74) is 3.27. The highest BCUT2D eigenvalue weighted by Gasteiger charge is 2.44. The molecule has 0 fully saturated rings. The van der Waals surface area contributed by atoms with E-state index in [1.54, 1.807) is 64.2 Å². The molecule has 0 radical (unpaired) electrons. The first kappa shape index (κ1) is 58.7. The number of carbonyl (C=O) groups is 4. The number of Topliss-reactive ketones (excluding diaryl/α,β-unsaturated/α-hetero) is 2. The van der Waals surface area contributed by atoms with Crippen molar-refractivity contribution in [2.45, 2.75) is 198 Å². The smallest absolute Gasteiger partial charge is 0.309 e. The minimum atomic E-state index is -1.21. The summed E-state index contributed by atoms with van der Waals surface area (Å²) < 4.78 is 11.7. The Balaban J connectivity index is 0.000000360. The lowest BCUT2D eigenvalue weighted by Crippen LogP contribution is -2.45. The molecule has 68 heavy (non-hydrogen) atoms. The van der Waals surface area contributed by atoms with Gasteiger partial charge in [0.1, 0.15) is 23.8 Å². The number of nitrogens with zero attached hydrogens (tertiary/aromatic N) is 2. The number of thiazole rings is 2. The van der Waals surface area contributed by atoms with Crippen LogP contribution in [0.2, 0.25) is 0 Å². The van der Waals surface area contributed by atoms with Gasteiger partial charge in [-0.15, -0.1) is 22.7 Å². The maximum atomic E-state index is 13.2. The van der Waals surface area contributed by atoms with Crippen LogP contribution in [0.15, 0.2) is 45.2 Å². The minimum Gasteiger partial charge on any atom is -0.457 e. The first-order valence-corrected chi connectivity index (χ1v) is 26.1. The van der Waals surface area contributed by atoms with Gasteiger partial charge < -0.3 is 29.9 Å². The Bertz CT molecular complexity index is 1980. The number of aliphatic hydroxyl groups excluding tert-OH is 4. The Morgan fingerprint density at radius 1 is 0.603 bits per heavy atom. The lowest BCUT2D eigenvalue weighted by Gasteiger charge is -2.34. The van der Waals surface area contributed by atoms with Gasteiger partial charge >= 0.3 is 11.9 Å². The van der Waals surface area contributed by atoms with Crippen molar-refractivity contribution in [2.24, 2.45) is 34.5 Å². The molecule has 2 aliphatic rings. The van der Waals surface area contributed by atoms with Gasteiger partial charge in [-0.2, -0.15) is 0 Å². The van der Waals surface area contributed by atoms with Gasteiger partial charge in [-0.05, 0) is 115 Å². The second-order valence-electron chi connectivity index (χ2n) is 20.8. The van der Waals surface area contributed by atoms with Gasteiger partial charge in [0.15, 0.2) is 0 Å². The fraction of sp³-hybridized carbons (Fsp3) is 0.667. The van der Waals surface area contributed by atoms with E-state index >= 15 is 0 Å². The summed E-state index contributed by atoms with van der Waals surface area (Å²) in [5.74, 6) is -2.97. The predicted octanol–water partition coefficient (Wildman–Crippen LogP) is 10.5. The van der Waals surface area contributed by atoms with E-state index in [0.29, 0.717) is 12.8 Å². The highest BCUT2D eigenvalue weighted by atomic mass is 32.1. The van der Waals surface area contributed by atoms with Crippen LogP contribution in [-0.4, -0.2) is 90.5 Å². The van der Waals surface area contributed by atoms with Crippen LogP contribution >= 0.6 is 22.7 Å². The second-order valence-corrected chi connectivity index (χ2v) is 22.9. The van der Waals surface area contributed by atoms with Gasteiger partial charge in [-0.1, -0.05) is 78.7 Å². The van der Waals surface area contributed by atoms with Crippen molar-refractivity contribution in [1.29, 1.82) is 0 Å². The van der Waals surface area contributed by atoms with Crippen LogP contribution in [0, 0.1) is 48.3 Å². The molecule has 0 saturated heterocycles. The van der Waals surface area contributed by atoms with E-state index in [0.717, 1.165) is 82.2 Å². The molecule has 380 valence electrons. The van der Waals surface area contributed by atoms with Gasteiger partial charge in [-0.3, -0.25) is 19.2 Å². The second kappa shape index (κ2) is 26.5. The van der Waals surface area contributed by atoms with E-state index in [-0.39, 0.29) is 36.2 Å². The molecule has 2 aromatic heterocycles. The Labute approximate surface area is 414 Å². The molecule has 0 aromatic carbocycles. The lowest BCUT2D eigenvalue weighted by atomic mass is 9.73. The van der Waals surface area contributed by atoms with Crippen LogP contribution < -0.4 is 0 Å². The Hall–Kier alpha value is -3.66. The van der Waals surface area contributed by atoms with Gasteiger partial charge in [-0.25, -0.2) is 9.97 Å². The highest BCUT2D eigenvalue weighted by Crippen LogP contribution is 2.35. The van der Waals surface area contributed by atoms with Crippen LogP contribution in [0.1, 0.15) is 169 Å². The number of aliphatic hydroxyl groups is 4. The summed E-state index contributed by atoms with van der Waals surface area (Å²) in [5, 5.41) is 49.0.